The monoisotopic (exact) mass is 340 g/mol. The first-order valence-electron chi connectivity index (χ1n) is 7.51. The van der Waals surface area contributed by atoms with Gasteiger partial charge in [0, 0.05) is 6.04 Å². The zero-order valence-corrected chi connectivity index (χ0v) is 13.4. The maximum Gasteiger partial charge on any atom is 0.335 e. The van der Waals surface area contributed by atoms with Crippen LogP contribution in [0.25, 0.3) is 0 Å². The van der Waals surface area contributed by atoms with Crippen LogP contribution in [-0.4, -0.2) is 38.0 Å². The number of carbonyl (C=O) groups excluding carboxylic acids is 1. The van der Waals surface area contributed by atoms with Crippen molar-refractivity contribution < 1.29 is 23.1 Å². The second-order valence-electron chi connectivity index (χ2n) is 5.56. The van der Waals surface area contributed by atoms with E-state index in [0.29, 0.717) is 0 Å². The Morgan fingerprint density at radius 3 is 2.52 bits per heavy atom. The van der Waals surface area contributed by atoms with Crippen molar-refractivity contribution in [2.45, 2.75) is 43.0 Å². The summed E-state index contributed by atoms with van der Waals surface area (Å²) in [4.78, 5) is 22.5. The highest BCUT2D eigenvalue weighted by atomic mass is 32.2. The number of amides is 1. The minimum absolute atomic E-state index is 0.107. The van der Waals surface area contributed by atoms with Crippen LogP contribution in [-0.2, 0) is 14.8 Å². The normalized spacial score (nSPS) is 16.0. The van der Waals surface area contributed by atoms with Gasteiger partial charge in [-0.3, -0.25) is 4.79 Å². The van der Waals surface area contributed by atoms with E-state index in [2.05, 4.69) is 10.0 Å². The molecular formula is C15H20N2O5S. The van der Waals surface area contributed by atoms with Crippen LogP contribution >= 0.6 is 0 Å². The molecule has 0 spiro atoms. The lowest BCUT2D eigenvalue weighted by Gasteiger charge is -2.22. The Kier molecular flexibility index (Phi) is 5.73. The van der Waals surface area contributed by atoms with Gasteiger partial charge in [-0.15, -0.1) is 0 Å². The molecule has 23 heavy (non-hydrogen) atoms. The van der Waals surface area contributed by atoms with Gasteiger partial charge in [-0.05, 0) is 31.0 Å². The number of hydrogen-bond acceptors (Lipinski definition) is 4. The average Bonchev–Trinajstić information content (AvgIpc) is 2.54. The standard InChI is InChI=1S/C15H20N2O5S/c18-14(17-12-6-2-1-3-7-12)10-16-23(21,22)13-8-4-5-11(9-13)15(19)20/h4-5,8-9,12,16H,1-3,6-7,10H2,(H,17,18)(H,19,20). The fourth-order valence-electron chi connectivity index (χ4n) is 2.57. The van der Waals surface area contributed by atoms with Crippen molar-refractivity contribution in [3.8, 4) is 0 Å². The SMILES string of the molecule is O=C(CNS(=O)(=O)c1cccc(C(=O)O)c1)NC1CCCCC1. The minimum Gasteiger partial charge on any atom is -0.478 e. The smallest absolute Gasteiger partial charge is 0.335 e. The number of nitrogens with one attached hydrogen (secondary N) is 2. The third-order valence-electron chi connectivity index (χ3n) is 3.78. The molecule has 0 unspecified atom stereocenters. The Balaban J connectivity index is 1.94. The van der Waals surface area contributed by atoms with E-state index >= 15 is 0 Å². The van der Waals surface area contributed by atoms with E-state index in [-0.39, 0.29) is 29.0 Å². The molecule has 1 aliphatic rings. The Bertz CT molecular complexity index is 681. The van der Waals surface area contributed by atoms with Crippen molar-refractivity contribution in [1.29, 1.82) is 0 Å². The first-order chi connectivity index (χ1) is 10.9. The average molecular weight is 340 g/mol. The molecule has 0 heterocycles. The molecule has 1 aromatic rings. The van der Waals surface area contributed by atoms with Gasteiger partial charge >= 0.3 is 5.97 Å². The van der Waals surface area contributed by atoms with Gasteiger partial charge in [0.25, 0.3) is 0 Å². The molecule has 0 bridgehead atoms. The fourth-order valence-corrected chi connectivity index (χ4v) is 3.59. The van der Waals surface area contributed by atoms with Crippen LogP contribution in [0, 0.1) is 0 Å². The van der Waals surface area contributed by atoms with E-state index in [4.69, 9.17) is 5.11 Å². The molecule has 1 saturated carbocycles. The number of rotatable bonds is 6. The van der Waals surface area contributed by atoms with Crippen LogP contribution in [0.1, 0.15) is 42.5 Å². The van der Waals surface area contributed by atoms with Gasteiger partial charge < -0.3 is 10.4 Å². The molecule has 126 valence electrons. The summed E-state index contributed by atoms with van der Waals surface area (Å²) < 4.78 is 26.4. The van der Waals surface area contributed by atoms with Crippen LogP contribution in [0.4, 0.5) is 0 Å². The number of benzene rings is 1. The number of carboxylic acid groups (broad SMARTS) is 1. The Morgan fingerprint density at radius 1 is 1.17 bits per heavy atom. The molecule has 0 radical (unpaired) electrons. The maximum absolute atomic E-state index is 12.1. The molecular weight excluding hydrogens is 320 g/mol. The summed E-state index contributed by atoms with van der Waals surface area (Å²) >= 11 is 0. The van der Waals surface area contributed by atoms with E-state index in [1.54, 1.807) is 0 Å². The summed E-state index contributed by atoms with van der Waals surface area (Å²) in [6, 6.07) is 5.10. The summed E-state index contributed by atoms with van der Waals surface area (Å²) in [7, 11) is -3.93. The molecule has 7 nitrogen and oxygen atoms in total. The van der Waals surface area contributed by atoms with E-state index in [0.717, 1.165) is 31.7 Å². The second kappa shape index (κ2) is 7.56. The van der Waals surface area contributed by atoms with Crippen LogP contribution in [0.5, 0.6) is 0 Å². The first-order valence-corrected chi connectivity index (χ1v) is 8.99. The Hall–Kier alpha value is -1.93. The van der Waals surface area contributed by atoms with Gasteiger partial charge in [0.15, 0.2) is 0 Å². The van der Waals surface area contributed by atoms with Crippen LogP contribution < -0.4 is 10.0 Å². The van der Waals surface area contributed by atoms with Gasteiger partial charge in [-0.25, -0.2) is 17.9 Å². The summed E-state index contributed by atoms with van der Waals surface area (Å²) in [5.41, 5.74) is -0.125. The number of hydrogen-bond donors (Lipinski definition) is 3. The minimum atomic E-state index is -3.93. The van der Waals surface area contributed by atoms with Gasteiger partial charge in [0.1, 0.15) is 0 Å². The molecule has 0 atom stereocenters. The fraction of sp³-hybridized carbons (Fsp3) is 0.467. The Labute approximate surface area is 135 Å². The van der Waals surface area contributed by atoms with Gasteiger partial charge in [-0.1, -0.05) is 25.3 Å². The third-order valence-corrected chi connectivity index (χ3v) is 5.18. The zero-order chi connectivity index (χ0) is 16.9. The first kappa shape index (κ1) is 17.4. The summed E-state index contributed by atoms with van der Waals surface area (Å²) in [6.07, 6.45) is 5.13. The van der Waals surface area contributed by atoms with Crippen molar-refractivity contribution in [1.82, 2.24) is 10.0 Å². The zero-order valence-electron chi connectivity index (χ0n) is 12.6. The molecule has 1 aromatic carbocycles. The van der Waals surface area contributed by atoms with E-state index in [1.165, 1.54) is 24.6 Å². The molecule has 0 aromatic heterocycles. The summed E-state index contributed by atoms with van der Waals surface area (Å²) in [6.45, 7) is -0.365. The Morgan fingerprint density at radius 2 is 1.87 bits per heavy atom. The molecule has 1 fully saturated rings. The van der Waals surface area contributed by atoms with Gasteiger partial charge in [-0.2, -0.15) is 0 Å². The lowest BCUT2D eigenvalue weighted by Crippen LogP contribution is -2.42. The number of carbonyl (C=O) groups is 2. The highest BCUT2D eigenvalue weighted by molar-refractivity contribution is 7.89. The predicted molar refractivity (Wildman–Crippen MR) is 83.6 cm³/mol. The van der Waals surface area contributed by atoms with Crippen molar-refractivity contribution in [3.05, 3.63) is 29.8 Å². The molecule has 1 aliphatic carbocycles. The number of aromatic carboxylic acids is 1. The molecule has 3 N–H and O–H groups in total. The van der Waals surface area contributed by atoms with Crippen molar-refractivity contribution in [3.63, 3.8) is 0 Å². The lowest BCUT2D eigenvalue weighted by molar-refractivity contribution is -0.120. The van der Waals surface area contributed by atoms with Crippen molar-refractivity contribution in [2.24, 2.45) is 0 Å². The van der Waals surface area contributed by atoms with Crippen LogP contribution in [0.3, 0.4) is 0 Å². The topological polar surface area (TPSA) is 113 Å². The van der Waals surface area contributed by atoms with E-state index in [1.807, 2.05) is 0 Å². The van der Waals surface area contributed by atoms with Gasteiger partial charge in [0.05, 0.1) is 17.0 Å². The highest BCUT2D eigenvalue weighted by Crippen LogP contribution is 2.17. The number of carboxylic acids is 1. The highest BCUT2D eigenvalue weighted by Gasteiger charge is 2.19. The third kappa shape index (κ3) is 5.04. The lowest BCUT2D eigenvalue weighted by atomic mass is 9.95. The van der Waals surface area contributed by atoms with Crippen LogP contribution in [0.15, 0.2) is 29.2 Å². The van der Waals surface area contributed by atoms with Gasteiger partial charge in [0.2, 0.25) is 15.9 Å². The largest absolute Gasteiger partial charge is 0.478 e. The molecule has 8 heteroatoms. The number of sulfonamides is 1. The van der Waals surface area contributed by atoms with Crippen molar-refractivity contribution in [2.75, 3.05) is 6.54 Å². The van der Waals surface area contributed by atoms with Crippen molar-refractivity contribution >= 4 is 21.9 Å². The van der Waals surface area contributed by atoms with Crippen LogP contribution in [0.2, 0.25) is 0 Å². The summed E-state index contributed by atoms with van der Waals surface area (Å²) in [5.74, 6) is -1.59. The molecule has 0 saturated heterocycles. The quantitative estimate of drug-likeness (QED) is 0.718. The summed E-state index contributed by atoms with van der Waals surface area (Å²) in [5, 5.41) is 11.7. The second-order valence-corrected chi connectivity index (χ2v) is 7.33. The van der Waals surface area contributed by atoms with E-state index < -0.39 is 16.0 Å². The molecule has 1 amide bonds. The molecule has 0 aliphatic heterocycles. The van der Waals surface area contributed by atoms with E-state index in [9.17, 15) is 18.0 Å². The predicted octanol–water partition coefficient (Wildman–Crippen LogP) is 1.11. The molecule has 2 rings (SSSR count). The maximum atomic E-state index is 12.1.